The lowest BCUT2D eigenvalue weighted by Gasteiger charge is -2.14. The molecule has 0 bridgehead atoms. The van der Waals surface area contributed by atoms with Gasteiger partial charge in [-0.25, -0.2) is 22.9 Å². The number of carbonyl (C=O) groups is 1. The van der Waals surface area contributed by atoms with E-state index in [1.54, 1.807) is 28.9 Å². The van der Waals surface area contributed by atoms with Crippen molar-refractivity contribution in [1.29, 1.82) is 0 Å². The Bertz CT molecular complexity index is 2140. The number of hydrogen-bond acceptors (Lipinski definition) is 5. The second kappa shape index (κ2) is 11.9. The summed E-state index contributed by atoms with van der Waals surface area (Å²) in [5, 5.41) is 10.7. The molecule has 0 spiro atoms. The van der Waals surface area contributed by atoms with Crippen LogP contribution in [0.5, 0.6) is 0 Å². The lowest BCUT2D eigenvalue weighted by Crippen LogP contribution is -2.29. The number of pyridine rings is 1. The Hall–Kier alpha value is -5.22. The first kappa shape index (κ1) is 30.8. The quantitative estimate of drug-likeness (QED) is 0.194. The van der Waals surface area contributed by atoms with E-state index in [0.29, 0.717) is 17.3 Å². The molecule has 3 heterocycles. The summed E-state index contributed by atoms with van der Waals surface area (Å²) in [5.74, 6) is 0.600. The molecule has 0 saturated heterocycles. The number of sulfone groups is 1. The van der Waals surface area contributed by atoms with Gasteiger partial charge >= 0.3 is 6.03 Å². The van der Waals surface area contributed by atoms with Crippen molar-refractivity contribution >= 4 is 27.3 Å². The summed E-state index contributed by atoms with van der Waals surface area (Å²) in [6, 6.07) is 28.4. The molecule has 0 fully saturated rings. The van der Waals surface area contributed by atoms with Gasteiger partial charge in [-0.2, -0.15) is 5.10 Å². The molecule has 2 N–H and O–H groups in total. The lowest BCUT2D eigenvalue weighted by molar-refractivity contribution is 0.251. The first-order chi connectivity index (χ1) is 21.8. The summed E-state index contributed by atoms with van der Waals surface area (Å²) >= 11 is 0. The average Bonchev–Trinajstić information content (AvgIpc) is 3.65. The fourth-order valence-corrected chi connectivity index (χ4v) is 5.75. The number of fused-ring (bicyclic) bond motifs is 1. The maximum absolute atomic E-state index is 13.0. The minimum atomic E-state index is -3.25. The number of anilines is 1. The average molecular weight is 633 g/mol. The number of imidazole rings is 1. The van der Waals surface area contributed by atoms with Crippen LogP contribution in [0.15, 0.2) is 108 Å². The van der Waals surface area contributed by atoms with Crippen molar-refractivity contribution in [3.8, 4) is 28.1 Å². The van der Waals surface area contributed by atoms with E-state index >= 15 is 0 Å². The predicted molar refractivity (Wildman–Crippen MR) is 182 cm³/mol. The first-order valence-electron chi connectivity index (χ1n) is 14.9. The molecule has 3 aromatic carbocycles. The molecular weight excluding hydrogens is 597 g/mol. The van der Waals surface area contributed by atoms with Gasteiger partial charge in [0.05, 0.1) is 28.2 Å². The number of rotatable bonds is 7. The van der Waals surface area contributed by atoms with Crippen LogP contribution in [0.3, 0.4) is 0 Å². The Balaban J connectivity index is 1.13. The summed E-state index contributed by atoms with van der Waals surface area (Å²) < 4.78 is 27.4. The van der Waals surface area contributed by atoms with Gasteiger partial charge in [-0.05, 0) is 60.0 Å². The molecule has 6 aromatic rings. The number of aromatic nitrogens is 4. The van der Waals surface area contributed by atoms with Crippen molar-refractivity contribution in [2.24, 2.45) is 0 Å². The van der Waals surface area contributed by atoms with Gasteiger partial charge in [0.25, 0.3) is 0 Å². The van der Waals surface area contributed by atoms with Crippen LogP contribution in [0, 0.1) is 6.92 Å². The molecule has 2 amide bonds. The highest BCUT2D eigenvalue weighted by molar-refractivity contribution is 7.90. The fraction of sp³-hybridized carbons (Fsp3) is 0.194. The highest BCUT2D eigenvalue weighted by Gasteiger charge is 2.21. The SMILES string of the molecule is Cc1ccc(-n2nc(C(C)(C)C)cc2NC(=O)NCc2ccc(-c3cnc4cc(-c5ccc(S(C)(=O)=O)cc5)ccn34)cc2)cc1. The topological polar surface area (TPSA) is 110 Å². The van der Waals surface area contributed by atoms with Gasteiger partial charge < -0.3 is 5.32 Å². The molecule has 0 aliphatic rings. The van der Waals surface area contributed by atoms with Crippen LogP contribution in [-0.2, 0) is 21.8 Å². The second-order valence-corrected chi connectivity index (χ2v) is 14.5. The van der Waals surface area contributed by atoms with E-state index in [9.17, 15) is 13.2 Å². The number of nitrogens with one attached hydrogen (secondary N) is 2. The van der Waals surface area contributed by atoms with Gasteiger partial charge in [0.2, 0.25) is 0 Å². The standard InChI is InChI=1S/C36H36N6O3S/c1-24-6-14-29(15-7-24)42-34(21-32(40-42)36(2,3)4)39-35(43)38-22-25-8-10-27(11-9-25)31-23-37-33-20-28(18-19-41(31)33)26-12-16-30(17-13-26)46(5,44)45/h6-21,23H,22H2,1-5H3,(H2,38,39,43). The molecule has 0 aliphatic heterocycles. The Morgan fingerprint density at radius 3 is 2.17 bits per heavy atom. The van der Waals surface area contributed by atoms with E-state index in [-0.39, 0.29) is 11.4 Å². The van der Waals surface area contributed by atoms with Crippen LogP contribution in [0.4, 0.5) is 10.6 Å². The van der Waals surface area contributed by atoms with Gasteiger partial charge in [-0.1, -0.05) is 74.9 Å². The Morgan fingerprint density at radius 1 is 0.848 bits per heavy atom. The molecular formula is C36H36N6O3S. The molecule has 3 aromatic heterocycles. The smallest absolute Gasteiger partial charge is 0.320 e. The van der Waals surface area contributed by atoms with Crippen LogP contribution in [0.1, 0.15) is 37.6 Å². The number of hydrogen-bond donors (Lipinski definition) is 2. The molecule has 10 heteroatoms. The summed E-state index contributed by atoms with van der Waals surface area (Å²) in [5.41, 5.74) is 8.24. The summed E-state index contributed by atoms with van der Waals surface area (Å²) in [7, 11) is -3.25. The summed E-state index contributed by atoms with van der Waals surface area (Å²) in [6.45, 7) is 8.67. The Morgan fingerprint density at radius 2 is 1.52 bits per heavy atom. The highest BCUT2D eigenvalue weighted by Crippen LogP contribution is 2.28. The van der Waals surface area contributed by atoms with Crippen molar-refractivity contribution in [2.45, 2.75) is 44.6 Å². The zero-order valence-electron chi connectivity index (χ0n) is 26.4. The van der Waals surface area contributed by atoms with Gasteiger partial charge in [-0.3, -0.25) is 9.72 Å². The zero-order valence-corrected chi connectivity index (χ0v) is 27.3. The number of nitrogens with zero attached hydrogens (tertiary/aromatic N) is 4. The Labute approximate surface area is 268 Å². The second-order valence-electron chi connectivity index (χ2n) is 12.5. The molecule has 6 rings (SSSR count). The molecule has 9 nitrogen and oxygen atoms in total. The lowest BCUT2D eigenvalue weighted by atomic mass is 9.92. The van der Waals surface area contributed by atoms with E-state index in [1.807, 2.05) is 90.4 Å². The van der Waals surface area contributed by atoms with Crippen LogP contribution in [0.25, 0.3) is 33.7 Å². The number of benzene rings is 3. The van der Waals surface area contributed by atoms with E-state index in [2.05, 4.69) is 36.4 Å². The molecule has 0 atom stereocenters. The maximum Gasteiger partial charge on any atom is 0.320 e. The maximum atomic E-state index is 13.0. The third-order valence-electron chi connectivity index (χ3n) is 7.83. The minimum Gasteiger partial charge on any atom is -0.334 e. The minimum absolute atomic E-state index is 0.179. The van der Waals surface area contributed by atoms with Crippen molar-refractivity contribution in [3.63, 3.8) is 0 Å². The summed E-state index contributed by atoms with van der Waals surface area (Å²) in [6.07, 6.45) is 4.99. The Kier molecular flexibility index (Phi) is 7.99. The monoisotopic (exact) mass is 632 g/mol. The van der Waals surface area contributed by atoms with Gasteiger partial charge in [-0.15, -0.1) is 0 Å². The molecule has 0 radical (unpaired) electrons. The predicted octanol–water partition coefficient (Wildman–Crippen LogP) is 7.19. The first-order valence-corrected chi connectivity index (χ1v) is 16.8. The third-order valence-corrected chi connectivity index (χ3v) is 8.96. The van der Waals surface area contributed by atoms with Crippen LogP contribution in [-0.4, -0.2) is 39.9 Å². The third kappa shape index (κ3) is 6.57. The molecule has 0 unspecified atom stereocenters. The van der Waals surface area contributed by atoms with E-state index in [0.717, 1.165) is 50.5 Å². The molecule has 0 saturated carbocycles. The van der Waals surface area contributed by atoms with Gasteiger partial charge in [0.15, 0.2) is 9.84 Å². The zero-order chi connectivity index (χ0) is 32.6. The van der Waals surface area contributed by atoms with Crippen molar-refractivity contribution in [2.75, 3.05) is 11.6 Å². The fourth-order valence-electron chi connectivity index (χ4n) is 5.12. The van der Waals surface area contributed by atoms with Gasteiger partial charge in [0.1, 0.15) is 11.5 Å². The number of amides is 2. The van der Waals surface area contributed by atoms with Crippen LogP contribution < -0.4 is 10.6 Å². The van der Waals surface area contributed by atoms with Crippen LogP contribution >= 0.6 is 0 Å². The highest BCUT2D eigenvalue weighted by atomic mass is 32.2. The van der Waals surface area contributed by atoms with E-state index in [4.69, 9.17) is 5.10 Å². The summed E-state index contributed by atoms with van der Waals surface area (Å²) in [4.78, 5) is 17.9. The molecule has 234 valence electrons. The number of aryl methyl sites for hydroxylation is 1. The number of urea groups is 1. The molecule has 0 aliphatic carbocycles. The van der Waals surface area contributed by atoms with E-state index in [1.165, 1.54) is 6.26 Å². The van der Waals surface area contributed by atoms with Crippen molar-refractivity contribution in [1.82, 2.24) is 24.5 Å². The van der Waals surface area contributed by atoms with Crippen molar-refractivity contribution in [3.05, 3.63) is 120 Å². The van der Waals surface area contributed by atoms with Gasteiger partial charge in [0, 0.05) is 36.0 Å². The van der Waals surface area contributed by atoms with Crippen LogP contribution in [0.2, 0.25) is 0 Å². The number of carbonyl (C=O) groups excluding carboxylic acids is 1. The van der Waals surface area contributed by atoms with Crippen molar-refractivity contribution < 1.29 is 13.2 Å². The van der Waals surface area contributed by atoms with E-state index < -0.39 is 9.84 Å². The molecule has 46 heavy (non-hydrogen) atoms. The largest absolute Gasteiger partial charge is 0.334 e. The normalized spacial score (nSPS) is 11.9.